The fourth-order valence-electron chi connectivity index (χ4n) is 1.90. The fourth-order valence-corrected chi connectivity index (χ4v) is 1.90. The molecule has 3 rings (SSSR count). The van der Waals surface area contributed by atoms with E-state index >= 15 is 0 Å². The lowest BCUT2D eigenvalue weighted by atomic mass is 10.2. The molecule has 1 unspecified atom stereocenters. The Labute approximate surface area is 92.8 Å². The molecule has 4 heteroatoms. The number of quaternary nitrogens is 1. The van der Waals surface area contributed by atoms with Crippen molar-refractivity contribution in [2.75, 3.05) is 13.1 Å². The minimum Gasteiger partial charge on any atom is -0.628 e. The number of nitrogens with zero attached hydrogens (tertiary/aromatic N) is 2. The summed E-state index contributed by atoms with van der Waals surface area (Å²) in [5.41, 5.74) is 1.60. The molecule has 1 atom stereocenters. The van der Waals surface area contributed by atoms with Crippen LogP contribution in [0.4, 0.5) is 0 Å². The number of para-hydroxylation sites is 1. The fraction of sp³-hybridized carbons (Fsp3) is 0.167. The van der Waals surface area contributed by atoms with Crippen molar-refractivity contribution in [3.05, 3.63) is 47.3 Å². The Morgan fingerprint density at radius 3 is 2.81 bits per heavy atom. The van der Waals surface area contributed by atoms with Gasteiger partial charge < -0.3 is 10.3 Å². The number of amidine groups is 1. The molecule has 0 spiro atoms. The summed E-state index contributed by atoms with van der Waals surface area (Å²) in [5.74, 6) is 0.533. The lowest BCUT2D eigenvalue weighted by Gasteiger charge is -2.15. The minimum atomic E-state index is 0.0998. The van der Waals surface area contributed by atoms with E-state index in [1.165, 1.54) is 0 Å². The van der Waals surface area contributed by atoms with Crippen LogP contribution in [0.15, 0.2) is 41.4 Å². The van der Waals surface area contributed by atoms with Crippen molar-refractivity contribution in [1.82, 2.24) is 4.98 Å². The van der Waals surface area contributed by atoms with Gasteiger partial charge in [-0.25, -0.2) is 9.98 Å². The van der Waals surface area contributed by atoms with E-state index in [0.717, 1.165) is 10.9 Å². The average molecular weight is 213 g/mol. The van der Waals surface area contributed by atoms with Crippen molar-refractivity contribution in [1.29, 1.82) is 0 Å². The van der Waals surface area contributed by atoms with E-state index in [1.54, 1.807) is 0 Å². The highest BCUT2D eigenvalue weighted by Gasteiger charge is 2.18. The Morgan fingerprint density at radius 2 is 2.00 bits per heavy atom. The molecule has 2 aromatic rings. The number of aromatic nitrogens is 1. The number of rotatable bonds is 1. The van der Waals surface area contributed by atoms with Crippen molar-refractivity contribution in [3.63, 3.8) is 0 Å². The molecule has 1 aliphatic rings. The van der Waals surface area contributed by atoms with Gasteiger partial charge in [-0.15, -0.1) is 0 Å². The van der Waals surface area contributed by atoms with Gasteiger partial charge in [-0.2, -0.15) is 0 Å². The number of pyridine rings is 1. The van der Waals surface area contributed by atoms with Crippen LogP contribution in [-0.2, 0) is 0 Å². The maximum atomic E-state index is 11.5. The molecule has 0 fully saturated rings. The first-order chi connectivity index (χ1) is 7.84. The zero-order valence-corrected chi connectivity index (χ0v) is 8.68. The molecule has 1 aromatic carbocycles. The standard InChI is InChI=1S/C12H11N3O/c16-15-8-7-13-12(15)11-6-5-9-3-1-2-4-10(9)14-11/h1-6,15H,7-8H2. The van der Waals surface area contributed by atoms with Gasteiger partial charge in [0.15, 0.2) is 0 Å². The largest absolute Gasteiger partial charge is 0.628 e. The molecule has 0 radical (unpaired) electrons. The first kappa shape index (κ1) is 9.45. The third kappa shape index (κ3) is 1.48. The van der Waals surface area contributed by atoms with Gasteiger partial charge in [-0.3, -0.25) is 0 Å². The van der Waals surface area contributed by atoms with E-state index in [2.05, 4.69) is 9.98 Å². The van der Waals surface area contributed by atoms with Crippen molar-refractivity contribution in [2.45, 2.75) is 0 Å². The number of hydrogen-bond acceptors (Lipinski definition) is 3. The van der Waals surface area contributed by atoms with Crippen molar-refractivity contribution in [2.24, 2.45) is 4.99 Å². The third-order valence-electron chi connectivity index (χ3n) is 2.71. The van der Waals surface area contributed by atoms with Crippen LogP contribution >= 0.6 is 0 Å². The zero-order valence-electron chi connectivity index (χ0n) is 8.68. The monoisotopic (exact) mass is 213 g/mol. The maximum Gasteiger partial charge on any atom is 0.247 e. The molecule has 4 nitrogen and oxygen atoms in total. The first-order valence-electron chi connectivity index (χ1n) is 5.28. The second kappa shape index (κ2) is 3.66. The summed E-state index contributed by atoms with van der Waals surface area (Å²) in [6.45, 7) is 1.12. The first-order valence-corrected chi connectivity index (χ1v) is 5.28. The zero-order chi connectivity index (χ0) is 11.0. The minimum absolute atomic E-state index is 0.0998. The van der Waals surface area contributed by atoms with E-state index in [4.69, 9.17) is 0 Å². The SMILES string of the molecule is [O-][NH+]1CCN=C1c1ccc2ccccc2n1. The molecule has 0 aliphatic carbocycles. The molecule has 0 bridgehead atoms. The van der Waals surface area contributed by atoms with Gasteiger partial charge in [0, 0.05) is 5.39 Å². The number of benzene rings is 1. The van der Waals surface area contributed by atoms with Crippen LogP contribution in [0.5, 0.6) is 0 Å². The van der Waals surface area contributed by atoms with Gasteiger partial charge in [0.1, 0.15) is 12.2 Å². The molecule has 2 heterocycles. The predicted molar refractivity (Wildman–Crippen MR) is 62.3 cm³/mol. The number of hydroxylamine groups is 2. The Bertz CT molecular complexity index is 565. The molecule has 0 saturated heterocycles. The Hall–Kier alpha value is -1.78. The lowest BCUT2D eigenvalue weighted by molar-refractivity contribution is -0.738. The maximum absolute atomic E-state index is 11.5. The molecule has 1 aromatic heterocycles. The molecule has 1 aliphatic heterocycles. The molecular weight excluding hydrogens is 202 g/mol. The number of fused-ring (bicyclic) bond motifs is 1. The predicted octanol–water partition coefficient (Wildman–Crippen LogP) is 0.378. The molecule has 0 amide bonds. The van der Waals surface area contributed by atoms with Gasteiger partial charge in [-0.05, 0) is 12.1 Å². The molecule has 80 valence electrons. The van der Waals surface area contributed by atoms with Crippen LogP contribution in [0.3, 0.4) is 0 Å². The Kier molecular flexibility index (Phi) is 2.16. The quantitative estimate of drug-likeness (QED) is 0.696. The lowest BCUT2D eigenvalue weighted by Crippen LogP contribution is -3.08. The summed E-state index contributed by atoms with van der Waals surface area (Å²) < 4.78 is 0. The summed E-state index contributed by atoms with van der Waals surface area (Å²) in [6, 6.07) is 11.7. The van der Waals surface area contributed by atoms with Gasteiger partial charge in [-0.1, -0.05) is 24.3 Å². The summed E-state index contributed by atoms with van der Waals surface area (Å²) in [7, 11) is 0. The van der Waals surface area contributed by atoms with E-state index < -0.39 is 0 Å². The van der Waals surface area contributed by atoms with E-state index in [9.17, 15) is 5.21 Å². The summed E-state index contributed by atoms with van der Waals surface area (Å²) in [4.78, 5) is 8.65. The smallest absolute Gasteiger partial charge is 0.247 e. The van der Waals surface area contributed by atoms with Gasteiger partial charge in [0.25, 0.3) is 0 Å². The second-order valence-corrected chi connectivity index (χ2v) is 3.79. The summed E-state index contributed by atoms with van der Waals surface area (Å²) >= 11 is 0. The van der Waals surface area contributed by atoms with E-state index in [-0.39, 0.29) is 5.06 Å². The van der Waals surface area contributed by atoms with Crippen LogP contribution < -0.4 is 5.06 Å². The van der Waals surface area contributed by atoms with Crippen molar-refractivity contribution < 1.29 is 5.06 Å². The van der Waals surface area contributed by atoms with Crippen molar-refractivity contribution >= 4 is 16.7 Å². The summed E-state index contributed by atoms with van der Waals surface area (Å²) in [6.07, 6.45) is 0. The van der Waals surface area contributed by atoms with Crippen LogP contribution in [0, 0.1) is 5.21 Å². The van der Waals surface area contributed by atoms with Crippen LogP contribution in [0.2, 0.25) is 0 Å². The van der Waals surface area contributed by atoms with E-state index in [1.807, 2.05) is 36.4 Å². The van der Waals surface area contributed by atoms with Crippen molar-refractivity contribution in [3.8, 4) is 0 Å². The third-order valence-corrected chi connectivity index (χ3v) is 2.71. The number of hydrogen-bond donors (Lipinski definition) is 1. The Morgan fingerprint density at radius 1 is 1.12 bits per heavy atom. The van der Waals surface area contributed by atoms with E-state index in [0.29, 0.717) is 24.6 Å². The van der Waals surface area contributed by atoms with Gasteiger partial charge >= 0.3 is 0 Å². The second-order valence-electron chi connectivity index (χ2n) is 3.79. The highest BCUT2D eigenvalue weighted by Crippen LogP contribution is 2.11. The average Bonchev–Trinajstić information content (AvgIpc) is 2.75. The molecule has 16 heavy (non-hydrogen) atoms. The normalized spacial score (nSPS) is 20.1. The topological polar surface area (TPSA) is 52.8 Å². The van der Waals surface area contributed by atoms with Gasteiger partial charge in [0.2, 0.25) is 5.84 Å². The molecular formula is C12H11N3O. The highest BCUT2D eigenvalue weighted by molar-refractivity contribution is 5.93. The number of nitrogens with one attached hydrogen (secondary N) is 1. The Balaban J connectivity index is 2.12. The molecule has 1 N–H and O–H groups in total. The van der Waals surface area contributed by atoms with Gasteiger partial charge in [0.05, 0.1) is 12.1 Å². The summed E-state index contributed by atoms with van der Waals surface area (Å²) in [5, 5.41) is 12.7. The molecule has 0 saturated carbocycles. The highest BCUT2D eigenvalue weighted by atomic mass is 16.5. The van der Waals surface area contributed by atoms with Crippen LogP contribution in [-0.4, -0.2) is 23.9 Å². The van der Waals surface area contributed by atoms with Crippen LogP contribution in [0.1, 0.15) is 5.69 Å². The number of aliphatic imine (C=N–C) groups is 1. The van der Waals surface area contributed by atoms with Crippen LogP contribution in [0.25, 0.3) is 10.9 Å².